The normalized spacial score (nSPS) is 10.1. The van der Waals surface area contributed by atoms with Crippen molar-refractivity contribution in [2.45, 2.75) is 0 Å². The molecule has 0 fully saturated rings. The first-order valence-corrected chi connectivity index (χ1v) is 4.17. The van der Waals surface area contributed by atoms with Crippen molar-refractivity contribution in [3.05, 3.63) is 42.1 Å². The Morgan fingerprint density at radius 1 is 1.36 bits per heavy atom. The Labute approximate surface area is 80.7 Å². The third-order valence-corrected chi connectivity index (χ3v) is 2.00. The van der Waals surface area contributed by atoms with Crippen LogP contribution >= 0.6 is 0 Å². The van der Waals surface area contributed by atoms with Gasteiger partial charge in [0.15, 0.2) is 0 Å². The van der Waals surface area contributed by atoms with Crippen molar-refractivity contribution < 1.29 is 4.79 Å². The minimum absolute atomic E-state index is 0.308. The number of hydrogen-bond acceptors (Lipinski definition) is 3. The highest BCUT2D eigenvalue weighted by atomic mass is 16.2. The van der Waals surface area contributed by atoms with Crippen molar-refractivity contribution >= 4 is 16.8 Å². The van der Waals surface area contributed by atoms with Crippen molar-refractivity contribution in [3.63, 3.8) is 0 Å². The van der Waals surface area contributed by atoms with Crippen LogP contribution in [0.15, 0.2) is 36.5 Å². The molecule has 2 rings (SSSR count). The predicted octanol–water partition coefficient (Wildman–Crippen LogP) is 0.838. The lowest BCUT2D eigenvalue weighted by Crippen LogP contribution is -2.29. The number of aromatic nitrogens is 1. The van der Waals surface area contributed by atoms with Crippen LogP contribution in [0.1, 0.15) is 10.4 Å². The average molecular weight is 187 g/mol. The summed E-state index contributed by atoms with van der Waals surface area (Å²) in [5, 5.41) is 1.00. The van der Waals surface area contributed by atoms with Gasteiger partial charge in [-0.2, -0.15) is 0 Å². The Morgan fingerprint density at radius 3 is 3.00 bits per heavy atom. The highest BCUT2D eigenvalue weighted by Gasteiger charge is 2.03. The van der Waals surface area contributed by atoms with E-state index in [9.17, 15) is 4.79 Å². The number of rotatable bonds is 1. The van der Waals surface area contributed by atoms with E-state index in [2.05, 4.69) is 10.4 Å². The standard InChI is InChI=1S/C10H9N3O/c11-13-10(14)8-4-3-7-2-1-5-12-9(7)6-8/h1-6H,11H2,(H,13,14). The lowest BCUT2D eigenvalue weighted by Gasteiger charge is -2.00. The number of nitrogen functional groups attached to an aromatic ring is 1. The van der Waals surface area contributed by atoms with Crippen LogP contribution in [0.3, 0.4) is 0 Å². The van der Waals surface area contributed by atoms with Gasteiger partial charge in [-0.3, -0.25) is 15.2 Å². The van der Waals surface area contributed by atoms with E-state index in [4.69, 9.17) is 5.84 Å². The number of amides is 1. The van der Waals surface area contributed by atoms with Crippen molar-refractivity contribution in [3.8, 4) is 0 Å². The smallest absolute Gasteiger partial charge is 0.265 e. The molecular weight excluding hydrogens is 178 g/mol. The number of hydrogen-bond donors (Lipinski definition) is 2. The first-order valence-electron chi connectivity index (χ1n) is 4.17. The van der Waals surface area contributed by atoms with Crippen LogP contribution in [0.5, 0.6) is 0 Å². The van der Waals surface area contributed by atoms with E-state index in [1.165, 1.54) is 0 Å². The number of carbonyl (C=O) groups is 1. The molecule has 0 radical (unpaired) electrons. The molecule has 4 nitrogen and oxygen atoms in total. The summed E-state index contributed by atoms with van der Waals surface area (Å²) >= 11 is 0. The van der Waals surface area contributed by atoms with Crippen LogP contribution in [0.25, 0.3) is 10.9 Å². The molecule has 2 aromatic rings. The monoisotopic (exact) mass is 187 g/mol. The van der Waals surface area contributed by atoms with Gasteiger partial charge in [0, 0.05) is 17.1 Å². The largest absolute Gasteiger partial charge is 0.290 e. The van der Waals surface area contributed by atoms with E-state index in [0.717, 1.165) is 10.9 Å². The molecule has 0 saturated heterocycles. The fourth-order valence-electron chi connectivity index (χ4n) is 1.29. The van der Waals surface area contributed by atoms with Gasteiger partial charge in [-0.05, 0) is 18.2 Å². The molecule has 1 aromatic carbocycles. The lowest BCUT2D eigenvalue weighted by molar-refractivity contribution is 0.0954. The maximum atomic E-state index is 11.2. The van der Waals surface area contributed by atoms with Crippen LogP contribution in [0.4, 0.5) is 0 Å². The topological polar surface area (TPSA) is 68.0 Å². The number of nitrogens with one attached hydrogen (secondary N) is 1. The minimum Gasteiger partial charge on any atom is -0.290 e. The second-order valence-electron chi connectivity index (χ2n) is 2.88. The van der Waals surface area contributed by atoms with Gasteiger partial charge in [-0.1, -0.05) is 12.1 Å². The molecule has 1 aromatic heterocycles. The highest BCUT2D eigenvalue weighted by molar-refractivity contribution is 5.97. The van der Waals surface area contributed by atoms with Crippen LogP contribution in [0.2, 0.25) is 0 Å². The highest BCUT2D eigenvalue weighted by Crippen LogP contribution is 2.12. The third-order valence-electron chi connectivity index (χ3n) is 2.00. The molecule has 14 heavy (non-hydrogen) atoms. The summed E-state index contributed by atoms with van der Waals surface area (Å²) in [4.78, 5) is 15.3. The van der Waals surface area contributed by atoms with Crippen molar-refractivity contribution in [2.24, 2.45) is 5.84 Å². The van der Waals surface area contributed by atoms with Gasteiger partial charge in [-0.25, -0.2) is 5.84 Å². The van der Waals surface area contributed by atoms with E-state index in [1.54, 1.807) is 18.3 Å². The SMILES string of the molecule is NNC(=O)c1ccc2cccnc2c1. The number of nitrogens with zero attached hydrogens (tertiary/aromatic N) is 1. The maximum absolute atomic E-state index is 11.2. The third kappa shape index (κ3) is 1.43. The molecule has 0 bridgehead atoms. The van der Waals surface area contributed by atoms with Gasteiger partial charge in [0.05, 0.1) is 5.52 Å². The zero-order valence-corrected chi connectivity index (χ0v) is 7.40. The molecule has 1 amide bonds. The quantitative estimate of drug-likeness (QED) is 0.395. The summed E-state index contributed by atoms with van der Waals surface area (Å²) in [6.45, 7) is 0. The Hall–Kier alpha value is -1.94. The Kier molecular flexibility index (Phi) is 2.12. The van der Waals surface area contributed by atoms with Gasteiger partial charge < -0.3 is 0 Å². The molecule has 4 heteroatoms. The van der Waals surface area contributed by atoms with E-state index >= 15 is 0 Å². The maximum Gasteiger partial charge on any atom is 0.265 e. The number of pyridine rings is 1. The summed E-state index contributed by atoms with van der Waals surface area (Å²) in [5.74, 6) is 4.72. The molecule has 0 aliphatic carbocycles. The van der Waals surface area contributed by atoms with Crippen molar-refractivity contribution in [1.29, 1.82) is 0 Å². The summed E-state index contributed by atoms with van der Waals surface area (Å²) in [5.41, 5.74) is 3.38. The lowest BCUT2D eigenvalue weighted by atomic mass is 10.1. The summed E-state index contributed by atoms with van der Waals surface area (Å²) in [6, 6.07) is 9.05. The summed E-state index contributed by atoms with van der Waals surface area (Å²) < 4.78 is 0. The molecule has 0 aliphatic heterocycles. The van der Waals surface area contributed by atoms with Crippen LogP contribution in [0, 0.1) is 0 Å². The fraction of sp³-hybridized carbons (Fsp3) is 0. The number of nitrogens with two attached hydrogens (primary N) is 1. The van der Waals surface area contributed by atoms with Crippen molar-refractivity contribution in [1.82, 2.24) is 10.4 Å². The van der Waals surface area contributed by atoms with E-state index in [1.807, 2.05) is 18.2 Å². The molecule has 3 N–H and O–H groups in total. The van der Waals surface area contributed by atoms with Gasteiger partial charge in [0.1, 0.15) is 0 Å². The second-order valence-corrected chi connectivity index (χ2v) is 2.88. The van der Waals surface area contributed by atoms with E-state index in [-0.39, 0.29) is 5.91 Å². The van der Waals surface area contributed by atoms with Crippen LogP contribution in [-0.4, -0.2) is 10.9 Å². The first-order chi connectivity index (χ1) is 6.81. The molecule has 70 valence electrons. The number of hydrazine groups is 1. The van der Waals surface area contributed by atoms with Gasteiger partial charge in [0.2, 0.25) is 0 Å². The minimum atomic E-state index is -0.308. The van der Waals surface area contributed by atoms with Gasteiger partial charge >= 0.3 is 0 Å². The molecule has 0 saturated carbocycles. The van der Waals surface area contributed by atoms with Crippen molar-refractivity contribution in [2.75, 3.05) is 0 Å². The molecule has 0 spiro atoms. The molecule has 0 atom stereocenters. The summed E-state index contributed by atoms with van der Waals surface area (Å²) in [7, 11) is 0. The van der Waals surface area contributed by atoms with E-state index in [0.29, 0.717) is 5.56 Å². The Morgan fingerprint density at radius 2 is 2.21 bits per heavy atom. The van der Waals surface area contributed by atoms with E-state index < -0.39 is 0 Å². The van der Waals surface area contributed by atoms with Gasteiger partial charge in [-0.15, -0.1) is 0 Å². The van der Waals surface area contributed by atoms with Crippen LogP contribution in [-0.2, 0) is 0 Å². The summed E-state index contributed by atoms with van der Waals surface area (Å²) in [6.07, 6.45) is 1.69. The first kappa shape index (κ1) is 8.65. The number of benzene rings is 1. The zero-order valence-electron chi connectivity index (χ0n) is 7.40. The average Bonchev–Trinajstić information content (AvgIpc) is 2.27. The predicted molar refractivity (Wildman–Crippen MR) is 53.4 cm³/mol. The Balaban J connectivity index is 2.56. The molecule has 0 unspecified atom stereocenters. The van der Waals surface area contributed by atoms with Crippen LogP contribution < -0.4 is 11.3 Å². The Bertz CT molecular complexity index is 482. The second kappa shape index (κ2) is 3.43. The zero-order chi connectivity index (χ0) is 9.97. The van der Waals surface area contributed by atoms with Gasteiger partial charge in [0.25, 0.3) is 5.91 Å². The fourth-order valence-corrected chi connectivity index (χ4v) is 1.29. The number of carbonyl (C=O) groups excluding carboxylic acids is 1. The molecule has 1 heterocycles. The molecular formula is C10H9N3O. The number of fused-ring (bicyclic) bond motifs is 1. The molecule has 0 aliphatic rings.